The summed E-state index contributed by atoms with van der Waals surface area (Å²) >= 11 is 0. The molecular weight excluding hydrogens is 286 g/mol. The summed E-state index contributed by atoms with van der Waals surface area (Å²) in [4.78, 5) is 8.53. The van der Waals surface area contributed by atoms with E-state index in [1.54, 1.807) is 6.92 Å². The van der Waals surface area contributed by atoms with E-state index in [4.69, 9.17) is 14.0 Å². The molecule has 1 aliphatic heterocycles. The predicted molar refractivity (Wildman–Crippen MR) is 81.6 cm³/mol. The van der Waals surface area contributed by atoms with E-state index in [2.05, 4.69) is 25.8 Å². The highest BCUT2D eigenvalue weighted by atomic mass is 16.5. The molecule has 2 N–H and O–H groups in total. The van der Waals surface area contributed by atoms with Gasteiger partial charge >= 0.3 is 0 Å². The molecule has 0 spiro atoms. The average molecular weight is 311 g/mol. The van der Waals surface area contributed by atoms with Gasteiger partial charge in [0.15, 0.2) is 11.8 Å². The minimum absolute atomic E-state index is 0.266. The third-order valence-corrected chi connectivity index (χ3v) is 3.14. The number of nitrogens with zero attached hydrogens (tertiary/aromatic N) is 3. The van der Waals surface area contributed by atoms with Crippen LogP contribution in [0.2, 0.25) is 0 Å². The van der Waals surface area contributed by atoms with Gasteiger partial charge in [-0.25, -0.2) is 4.99 Å². The Labute approximate surface area is 130 Å². The number of rotatable bonds is 8. The van der Waals surface area contributed by atoms with Gasteiger partial charge in [-0.05, 0) is 26.7 Å². The van der Waals surface area contributed by atoms with Gasteiger partial charge < -0.3 is 24.6 Å². The van der Waals surface area contributed by atoms with E-state index < -0.39 is 0 Å². The molecule has 8 nitrogen and oxygen atoms in total. The monoisotopic (exact) mass is 311 g/mol. The van der Waals surface area contributed by atoms with Crippen molar-refractivity contribution in [3.63, 3.8) is 0 Å². The molecule has 1 aromatic heterocycles. The zero-order valence-electron chi connectivity index (χ0n) is 13.3. The summed E-state index contributed by atoms with van der Waals surface area (Å²) in [5, 5.41) is 10.2. The maximum atomic E-state index is 5.72. The SMILES string of the molecule is CCNC(=NCc1nc(C)no1)NCCCOC1CCOC1. The highest BCUT2D eigenvalue weighted by molar-refractivity contribution is 5.79. The van der Waals surface area contributed by atoms with E-state index in [9.17, 15) is 0 Å². The molecule has 0 radical (unpaired) electrons. The maximum absolute atomic E-state index is 5.72. The zero-order valence-corrected chi connectivity index (χ0v) is 13.3. The zero-order chi connectivity index (χ0) is 15.6. The third kappa shape index (κ3) is 5.98. The topological polar surface area (TPSA) is 93.8 Å². The number of hydrogen-bond donors (Lipinski definition) is 2. The van der Waals surface area contributed by atoms with Crippen molar-refractivity contribution in [3.05, 3.63) is 11.7 Å². The van der Waals surface area contributed by atoms with Gasteiger partial charge in [-0.1, -0.05) is 5.16 Å². The molecule has 0 bridgehead atoms. The van der Waals surface area contributed by atoms with Gasteiger partial charge in [0.2, 0.25) is 5.89 Å². The molecule has 22 heavy (non-hydrogen) atoms. The lowest BCUT2D eigenvalue weighted by Crippen LogP contribution is -2.38. The van der Waals surface area contributed by atoms with Crippen LogP contribution >= 0.6 is 0 Å². The lowest BCUT2D eigenvalue weighted by molar-refractivity contribution is 0.0420. The number of hydrogen-bond acceptors (Lipinski definition) is 6. The number of aromatic nitrogens is 2. The lowest BCUT2D eigenvalue weighted by atomic mass is 10.3. The molecule has 0 aromatic carbocycles. The second-order valence-corrected chi connectivity index (χ2v) is 5.07. The largest absolute Gasteiger partial charge is 0.379 e. The quantitative estimate of drug-likeness (QED) is 0.413. The van der Waals surface area contributed by atoms with Crippen molar-refractivity contribution in [1.29, 1.82) is 0 Å². The smallest absolute Gasteiger partial charge is 0.248 e. The van der Waals surface area contributed by atoms with Gasteiger partial charge in [0.25, 0.3) is 0 Å². The molecule has 2 heterocycles. The Kier molecular flexibility index (Phi) is 7.11. The third-order valence-electron chi connectivity index (χ3n) is 3.14. The van der Waals surface area contributed by atoms with Crippen LogP contribution in [0.5, 0.6) is 0 Å². The van der Waals surface area contributed by atoms with Crippen molar-refractivity contribution >= 4 is 5.96 Å². The first kappa shape index (κ1) is 16.7. The standard InChI is InChI=1S/C14H25N5O3/c1-3-15-14(17-9-13-18-11(2)19-22-13)16-6-4-7-21-12-5-8-20-10-12/h12H,3-10H2,1-2H3,(H2,15,16,17). The van der Waals surface area contributed by atoms with Crippen molar-refractivity contribution in [2.24, 2.45) is 4.99 Å². The van der Waals surface area contributed by atoms with E-state index in [0.29, 0.717) is 18.3 Å². The fourth-order valence-corrected chi connectivity index (χ4v) is 2.07. The van der Waals surface area contributed by atoms with Crippen LogP contribution in [0, 0.1) is 6.92 Å². The second kappa shape index (κ2) is 9.37. The molecule has 1 aliphatic rings. The van der Waals surface area contributed by atoms with Crippen LogP contribution in [-0.2, 0) is 16.0 Å². The highest BCUT2D eigenvalue weighted by Gasteiger charge is 2.15. The number of aliphatic imine (C=N–C) groups is 1. The normalized spacial score (nSPS) is 18.6. The molecule has 0 amide bonds. The van der Waals surface area contributed by atoms with Crippen LogP contribution in [-0.4, -0.2) is 55.1 Å². The Morgan fingerprint density at radius 3 is 3.05 bits per heavy atom. The second-order valence-electron chi connectivity index (χ2n) is 5.07. The molecule has 124 valence electrons. The Morgan fingerprint density at radius 1 is 1.45 bits per heavy atom. The summed E-state index contributed by atoms with van der Waals surface area (Å²) in [6.07, 6.45) is 2.18. The average Bonchev–Trinajstić information content (AvgIpc) is 3.16. The Bertz CT molecular complexity index is 457. The van der Waals surface area contributed by atoms with Gasteiger partial charge in [0.05, 0.1) is 12.7 Å². The van der Waals surface area contributed by atoms with E-state index in [0.717, 1.165) is 51.7 Å². The fourth-order valence-electron chi connectivity index (χ4n) is 2.07. The molecule has 1 atom stereocenters. The first-order valence-corrected chi connectivity index (χ1v) is 7.78. The van der Waals surface area contributed by atoms with Crippen LogP contribution in [0.15, 0.2) is 9.52 Å². The number of guanidine groups is 1. The summed E-state index contributed by atoms with van der Waals surface area (Å²) in [6.45, 7) is 8.03. The van der Waals surface area contributed by atoms with Gasteiger partial charge in [-0.2, -0.15) is 4.98 Å². The van der Waals surface area contributed by atoms with E-state index in [-0.39, 0.29) is 6.10 Å². The van der Waals surface area contributed by atoms with Gasteiger partial charge in [-0.3, -0.25) is 0 Å². The van der Waals surface area contributed by atoms with Crippen molar-refractivity contribution in [1.82, 2.24) is 20.8 Å². The van der Waals surface area contributed by atoms with Crippen molar-refractivity contribution in [3.8, 4) is 0 Å². The Hall–Kier alpha value is -1.67. The van der Waals surface area contributed by atoms with Gasteiger partial charge in [0, 0.05) is 26.3 Å². The molecule has 1 unspecified atom stereocenters. The summed E-state index contributed by atoms with van der Waals surface area (Å²) in [7, 11) is 0. The molecule has 1 aromatic rings. The molecule has 1 fully saturated rings. The van der Waals surface area contributed by atoms with Gasteiger partial charge in [-0.15, -0.1) is 0 Å². The molecule has 0 saturated carbocycles. The number of aryl methyl sites for hydroxylation is 1. The van der Waals surface area contributed by atoms with Crippen LogP contribution < -0.4 is 10.6 Å². The van der Waals surface area contributed by atoms with Crippen molar-refractivity contribution in [2.75, 3.05) is 32.9 Å². The van der Waals surface area contributed by atoms with E-state index in [1.807, 2.05) is 6.92 Å². The molecular formula is C14H25N5O3. The number of nitrogens with one attached hydrogen (secondary N) is 2. The first-order valence-electron chi connectivity index (χ1n) is 7.78. The fraction of sp³-hybridized carbons (Fsp3) is 0.786. The van der Waals surface area contributed by atoms with Crippen LogP contribution in [0.4, 0.5) is 0 Å². The molecule has 0 aliphatic carbocycles. The highest BCUT2D eigenvalue weighted by Crippen LogP contribution is 2.07. The molecule has 2 rings (SSSR count). The van der Waals surface area contributed by atoms with Crippen LogP contribution in [0.25, 0.3) is 0 Å². The van der Waals surface area contributed by atoms with E-state index in [1.165, 1.54) is 0 Å². The summed E-state index contributed by atoms with van der Waals surface area (Å²) in [5.41, 5.74) is 0. The maximum Gasteiger partial charge on any atom is 0.248 e. The van der Waals surface area contributed by atoms with Crippen molar-refractivity contribution < 1.29 is 14.0 Å². The summed E-state index contributed by atoms with van der Waals surface area (Å²) in [5.74, 6) is 1.87. The minimum Gasteiger partial charge on any atom is -0.379 e. The van der Waals surface area contributed by atoms with Crippen LogP contribution in [0.3, 0.4) is 0 Å². The van der Waals surface area contributed by atoms with Gasteiger partial charge in [0.1, 0.15) is 6.54 Å². The molecule has 1 saturated heterocycles. The minimum atomic E-state index is 0.266. The molecule has 8 heteroatoms. The Morgan fingerprint density at radius 2 is 2.36 bits per heavy atom. The summed E-state index contributed by atoms with van der Waals surface area (Å²) < 4.78 is 16.0. The van der Waals surface area contributed by atoms with E-state index >= 15 is 0 Å². The lowest BCUT2D eigenvalue weighted by Gasteiger charge is -2.12. The van der Waals surface area contributed by atoms with Crippen molar-refractivity contribution in [2.45, 2.75) is 39.3 Å². The van der Waals surface area contributed by atoms with Crippen LogP contribution in [0.1, 0.15) is 31.5 Å². The first-order chi connectivity index (χ1) is 10.8. The predicted octanol–water partition coefficient (Wildman–Crippen LogP) is 0.629. The summed E-state index contributed by atoms with van der Waals surface area (Å²) in [6, 6.07) is 0. The number of ether oxygens (including phenoxy) is 2. The Balaban J connectivity index is 1.64.